The summed E-state index contributed by atoms with van der Waals surface area (Å²) in [5.41, 5.74) is 3.63. The van der Waals surface area contributed by atoms with Crippen LogP contribution in [0.25, 0.3) is 5.69 Å². The Bertz CT molecular complexity index is 1810. The van der Waals surface area contributed by atoms with Crippen LogP contribution in [0.4, 0.5) is 11.4 Å². The van der Waals surface area contributed by atoms with Gasteiger partial charge < -0.3 is 24.0 Å². The molecule has 3 N–H and O–H groups in total. The molecule has 2 aliphatic heterocycles. The molecule has 4 aromatic rings. The van der Waals surface area contributed by atoms with Gasteiger partial charge in [0.2, 0.25) is 5.79 Å². The van der Waals surface area contributed by atoms with Gasteiger partial charge in [0.05, 0.1) is 23.4 Å². The molecule has 0 amide bonds. The van der Waals surface area contributed by atoms with E-state index in [9.17, 15) is 4.79 Å². The highest BCUT2D eigenvalue weighted by molar-refractivity contribution is 6.35. The summed E-state index contributed by atoms with van der Waals surface area (Å²) in [6, 6.07) is 21.5. The summed E-state index contributed by atoms with van der Waals surface area (Å²) in [7, 11) is 0. The fourth-order valence-electron chi connectivity index (χ4n) is 6.07. The van der Waals surface area contributed by atoms with E-state index in [-0.39, 0.29) is 17.8 Å². The number of quaternary nitrogens is 1. The Morgan fingerprint density at radius 1 is 1.04 bits per heavy atom. The zero-order valence-electron chi connectivity index (χ0n) is 27.5. The first-order valence-corrected chi connectivity index (χ1v) is 17.2. The number of aromatic nitrogens is 3. The van der Waals surface area contributed by atoms with E-state index < -0.39 is 5.79 Å². The molecule has 0 bridgehead atoms. The highest BCUT2D eigenvalue weighted by atomic mass is 35.5. The second-order valence-corrected chi connectivity index (χ2v) is 12.9. The van der Waals surface area contributed by atoms with Gasteiger partial charge in [0.1, 0.15) is 37.7 Å². The third-order valence-corrected chi connectivity index (χ3v) is 9.51. The zero-order valence-corrected chi connectivity index (χ0v) is 29.1. The number of hydrogen-bond acceptors (Lipinski definition) is 8. The minimum atomic E-state index is -1.12. The monoisotopic (exact) mass is 707 g/mol. The van der Waals surface area contributed by atoms with Crippen molar-refractivity contribution in [1.29, 1.82) is 5.41 Å². The summed E-state index contributed by atoms with van der Waals surface area (Å²) in [4.78, 5) is 21.4. The van der Waals surface area contributed by atoms with E-state index in [1.165, 1.54) is 11.0 Å². The summed E-state index contributed by atoms with van der Waals surface area (Å²) in [6.45, 7) is 8.54. The van der Waals surface area contributed by atoms with Crippen LogP contribution >= 0.6 is 23.2 Å². The number of aliphatic imine (C=N–C) groups is 1. The Morgan fingerprint density at radius 3 is 2.33 bits per heavy atom. The normalized spacial score (nSPS) is 20.2. The minimum Gasteiger partial charge on any atom is -0.491 e. The number of halogens is 2. The summed E-state index contributed by atoms with van der Waals surface area (Å²) in [6.07, 6.45) is 4.61. The molecule has 3 atom stereocenters. The van der Waals surface area contributed by atoms with Crippen molar-refractivity contribution in [3.63, 3.8) is 0 Å². The van der Waals surface area contributed by atoms with Crippen LogP contribution < -0.4 is 25.5 Å². The molecule has 0 saturated carbocycles. The van der Waals surface area contributed by atoms with Crippen LogP contribution in [0, 0.1) is 5.41 Å². The average Bonchev–Trinajstić information content (AvgIpc) is 3.73. The van der Waals surface area contributed by atoms with Crippen LogP contribution in [0.5, 0.6) is 5.75 Å². The van der Waals surface area contributed by atoms with Gasteiger partial charge in [0.25, 0.3) is 0 Å². The molecule has 0 aliphatic carbocycles. The van der Waals surface area contributed by atoms with E-state index in [1.807, 2.05) is 38.1 Å². The number of benzene rings is 3. The van der Waals surface area contributed by atoms with Gasteiger partial charge in [-0.1, -0.05) is 36.2 Å². The molecule has 3 aromatic carbocycles. The number of nitrogens with one attached hydrogen (secondary N) is 1. The molecule has 12 nitrogen and oxygen atoms in total. The summed E-state index contributed by atoms with van der Waals surface area (Å²) < 4.78 is 21.9. The van der Waals surface area contributed by atoms with Gasteiger partial charge in [-0.05, 0) is 74.0 Å². The van der Waals surface area contributed by atoms with Crippen molar-refractivity contribution in [2.45, 2.75) is 38.2 Å². The quantitative estimate of drug-likeness (QED) is 0.155. The van der Waals surface area contributed by atoms with Gasteiger partial charge in [-0.25, -0.2) is 14.0 Å². The predicted molar refractivity (Wildman–Crippen MR) is 192 cm³/mol. The highest BCUT2D eigenvalue weighted by Gasteiger charge is 2.46. The molecule has 2 fully saturated rings. The fraction of sp³-hybridized carbons (Fsp3) is 0.371. The summed E-state index contributed by atoms with van der Waals surface area (Å²) in [5, 5.41) is 14.2. The maximum absolute atomic E-state index is 12.8. The largest absolute Gasteiger partial charge is 0.491 e. The maximum Gasteiger partial charge on any atom is 0.350 e. The van der Waals surface area contributed by atoms with Crippen LogP contribution in [0.2, 0.25) is 10.0 Å². The van der Waals surface area contributed by atoms with E-state index in [2.05, 4.69) is 44.2 Å². The smallest absolute Gasteiger partial charge is 0.350 e. The second-order valence-electron chi connectivity index (χ2n) is 12.1. The third-order valence-electron chi connectivity index (χ3n) is 8.97. The first-order valence-electron chi connectivity index (χ1n) is 16.4. The molecule has 0 spiro atoms. The van der Waals surface area contributed by atoms with Crippen LogP contribution in [0.3, 0.4) is 0 Å². The van der Waals surface area contributed by atoms with Crippen molar-refractivity contribution in [3.8, 4) is 11.4 Å². The lowest BCUT2D eigenvalue weighted by Gasteiger charge is -2.37. The molecular weight excluding hydrogens is 667 g/mol. The number of hydrogen-bond donors (Lipinski definition) is 2. The molecular formula is C35H41Cl2N8O4+. The number of nitrogens with zero attached hydrogens (tertiary/aromatic N) is 6. The van der Waals surface area contributed by atoms with E-state index in [0.717, 1.165) is 61.8 Å². The molecule has 14 heteroatoms. The van der Waals surface area contributed by atoms with Crippen LogP contribution in [-0.2, 0) is 15.3 Å². The van der Waals surface area contributed by atoms with Crippen LogP contribution in [0.1, 0.15) is 31.9 Å². The Balaban J connectivity index is 1.01. The van der Waals surface area contributed by atoms with Gasteiger partial charge in [0, 0.05) is 48.1 Å². The fourth-order valence-corrected chi connectivity index (χ4v) is 6.63. The number of piperazine rings is 1. The van der Waals surface area contributed by atoms with Gasteiger partial charge in [-0.15, -0.1) is 0 Å². The van der Waals surface area contributed by atoms with Gasteiger partial charge in [-0.3, -0.25) is 10.7 Å². The van der Waals surface area contributed by atoms with E-state index in [4.69, 9.17) is 42.8 Å². The van der Waals surface area contributed by atoms with Gasteiger partial charge in [-0.2, -0.15) is 10.1 Å². The summed E-state index contributed by atoms with van der Waals surface area (Å²) in [5.74, 6) is -0.374. The Hall–Kier alpha value is -4.20. The van der Waals surface area contributed by atoms with Crippen molar-refractivity contribution < 1.29 is 19.5 Å². The highest BCUT2D eigenvalue weighted by Crippen LogP contribution is 2.38. The predicted octanol–water partition coefficient (Wildman–Crippen LogP) is 4.48. The topological polar surface area (TPSA) is 127 Å². The Morgan fingerprint density at radius 2 is 1.69 bits per heavy atom. The standard InChI is InChI=1S/C35H40Cl2N8O4/c1-3-25(2)45-34(46)44(24-41-45)29-7-5-27(6-8-29)42-14-16-43(17-15-42)28-9-11-30(12-10-28)47-19-31-20-48-35(49-31,21-39-23-40-22-38)32-13-4-26(36)18-33(32)37/h4-13,18,22-25,31H,3,14-17,19-21H2,1-2H3,(H2,38,39,40)/p+1. The van der Waals surface area contributed by atoms with Crippen molar-refractivity contribution in [2.75, 3.05) is 55.7 Å². The number of rotatable bonds is 13. The molecule has 3 unspecified atom stereocenters. The van der Waals surface area contributed by atoms with Crippen molar-refractivity contribution in [3.05, 3.63) is 99.2 Å². The lowest BCUT2D eigenvalue weighted by atomic mass is 10.1. The van der Waals surface area contributed by atoms with Crippen LogP contribution in [-0.4, -0.2) is 79.1 Å². The van der Waals surface area contributed by atoms with Crippen molar-refractivity contribution >= 4 is 47.3 Å². The molecule has 2 saturated heterocycles. The number of ether oxygens (including phenoxy) is 3. The Kier molecular flexibility index (Phi) is 11.0. The molecule has 3 heterocycles. The van der Waals surface area contributed by atoms with Gasteiger partial charge in [0.15, 0.2) is 6.34 Å². The first-order chi connectivity index (χ1) is 23.8. The molecule has 258 valence electrons. The van der Waals surface area contributed by atoms with E-state index in [0.29, 0.717) is 35.4 Å². The Labute approximate surface area is 295 Å². The van der Waals surface area contributed by atoms with E-state index >= 15 is 0 Å². The second kappa shape index (κ2) is 15.6. The first kappa shape index (κ1) is 34.7. The summed E-state index contributed by atoms with van der Waals surface area (Å²) >= 11 is 12.7. The molecule has 1 aromatic heterocycles. The zero-order chi connectivity index (χ0) is 34.4. The molecule has 6 rings (SSSR count). The lowest BCUT2D eigenvalue weighted by Crippen LogP contribution is -2.86. The SMILES string of the molecule is CCC(C)n1ncn(-c2ccc(N3CCN(c4ccc(OCC5COC(C[NH2+]C=NC=N)(c6ccc(Cl)cc6Cl)O5)cc4)CC3)cc2)c1=O. The minimum absolute atomic E-state index is 0.0624. The van der Waals surface area contributed by atoms with Crippen molar-refractivity contribution in [2.24, 2.45) is 4.99 Å². The van der Waals surface area contributed by atoms with Crippen LogP contribution in [0.15, 0.2) is 82.8 Å². The third kappa shape index (κ3) is 7.84. The molecule has 2 aliphatic rings. The lowest BCUT2D eigenvalue weighted by molar-refractivity contribution is -0.565. The van der Waals surface area contributed by atoms with Crippen molar-refractivity contribution in [1.82, 2.24) is 14.3 Å². The maximum atomic E-state index is 12.8. The average molecular weight is 709 g/mol. The molecule has 0 radical (unpaired) electrons. The number of anilines is 2. The van der Waals surface area contributed by atoms with Gasteiger partial charge >= 0.3 is 5.69 Å². The number of nitrogens with two attached hydrogens (primary N) is 1. The van der Waals surface area contributed by atoms with E-state index in [1.54, 1.807) is 34.4 Å². The molecule has 49 heavy (non-hydrogen) atoms.